The molecule has 0 bridgehead atoms. The third-order valence-corrected chi connectivity index (χ3v) is 5.79. The first kappa shape index (κ1) is 23.9. The fraction of sp³-hybridized carbons (Fsp3) is 0.316. The molecule has 1 aromatic heterocycles. The molecule has 0 spiro atoms. The molecular formula is C19H26N6O5S. The quantitative estimate of drug-likeness (QED) is 0.150. The second kappa shape index (κ2) is 10.1. The minimum Gasteiger partial charge on any atom is -0.368 e. The van der Waals surface area contributed by atoms with Gasteiger partial charge in [0.05, 0.1) is 11.5 Å². The average Bonchev–Trinajstić information content (AvgIpc) is 2.69. The van der Waals surface area contributed by atoms with Crippen molar-refractivity contribution < 1.29 is 18.0 Å². The van der Waals surface area contributed by atoms with Crippen molar-refractivity contribution >= 4 is 27.6 Å². The van der Waals surface area contributed by atoms with E-state index < -0.39 is 33.5 Å². The van der Waals surface area contributed by atoms with Crippen molar-refractivity contribution in [3.05, 3.63) is 58.0 Å². The third-order valence-electron chi connectivity index (χ3n) is 4.42. The summed E-state index contributed by atoms with van der Waals surface area (Å²) in [4.78, 5) is 30.2. The summed E-state index contributed by atoms with van der Waals surface area (Å²) in [5.41, 5.74) is 13.1. The van der Waals surface area contributed by atoms with Gasteiger partial charge in [-0.2, -0.15) is 0 Å². The zero-order valence-corrected chi connectivity index (χ0v) is 18.0. The molecule has 0 saturated carbocycles. The highest BCUT2D eigenvalue weighted by atomic mass is 32.2. The Balaban J connectivity index is 2.42. The van der Waals surface area contributed by atoms with E-state index in [1.54, 1.807) is 32.0 Å². The van der Waals surface area contributed by atoms with Gasteiger partial charge < -0.3 is 11.5 Å². The molecule has 0 saturated heterocycles. The van der Waals surface area contributed by atoms with E-state index in [2.05, 4.69) is 10.2 Å². The Morgan fingerprint density at radius 2 is 1.97 bits per heavy atom. The first-order valence-electron chi connectivity index (χ1n) is 9.42. The summed E-state index contributed by atoms with van der Waals surface area (Å²) in [6.45, 7) is 3.46. The van der Waals surface area contributed by atoms with Gasteiger partial charge in [-0.1, -0.05) is 19.1 Å². The van der Waals surface area contributed by atoms with Crippen LogP contribution in [0.4, 0.5) is 5.69 Å². The van der Waals surface area contributed by atoms with Crippen LogP contribution in [-0.2, 0) is 26.1 Å². The van der Waals surface area contributed by atoms with Gasteiger partial charge in [0.1, 0.15) is 11.7 Å². The lowest BCUT2D eigenvalue weighted by molar-refractivity contribution is -0.122. The number of carbonyl (C=O) groups excluding carboxylic acids is 1. The van der Waals surface area contributed by atoms with Gasteiger partial charge in [0.2, 0.25) is 11.9 Å². The molecule has 1 atom stereocenters. The van der Waals surface area contributed by atoms with Crippen LogP contribution in [-0.4, -0.2) is 31.5 Å². The summed E-state index contributed by atoms with van der Waals surface area (Å²) < 4.78 is 28.9. The number of hydrogen-bond donors (Lipinski definition) is 5. The van der Waals surface area contributed by atoms with Crippen LogP contribution < -0.4 is 27.2 Å². The minimum atomic E-state index is -4.02. The molecule has 1 amide bonds. The number of hydroxylamine groups is 1. The maximum Gasteiger partial charge on any atom is 0.275 e. The number of anilines is 1. The molecule has 0 radical (unpaired) electrons. The summed E-state index contributed by atoms with van der Waals surface area (Å²) in [7, 11) is -4.02. The van der Waals surface area contributed by atoms with E-state index in [0.29, 0.717) is 12.1 Å². The number of carbonyl (C=O) groups is 1. The van der Waals surface area contributed by atoms with Gasteiger partial charge in [-0.3, -0.25) is 29.1 Å². The molecule has 0 aliphatic carbocycles. The molecule has 2 aromatic rings. The lowest BCUT2D eigenvalue weighted by atomic mass is 10.1. The van der Waals surface area contributed by atoms with E-state index in [1.165, 1.54) is 18.2 Å². The molecule has 1 heterocycles. The smallest absolute Gasteiger partial charge is 0.275 e. The number of nitrogens with two attached hydrogens (primary N) is 2. The number of benzene rings is 1. The lowest BCUT2D eigenvalue weighted by Gasteiger charge is -2.21. The topological polar surface area (TPSA) is 182 Å². The number of primary amides is 1. The van der Waals surface area contributed by atoms with Gasteiger partial charge in [0.15, 0.2) is 0 Å². The van der Waals surface area contributed by atoms with E-state index in [-0.39, 0.29) is 23.6 Å². The van der Waals surface area contributed by atoms with E-state index in [4.69, 9.17) is 21.7 Å². The van der Waals surface area contributed by atoms with Gasteiger partial charge in [-0.15, -0.1) is 0 Å². The predicted octanol–water partition coefficient (Wildman–Crippen LogP) is 0.351. The molecule has 7 N–H and O–H groups in total. The van der Waals surface area contributed by atoms with Crippen LogP contribution in [0, 0.1) is 12.3 Å². The number of aromatic nitrogens is 1. The zero-order valence-electron chi connectivity index (χ0n) is 17.2. The Labute approximate surface area is 179 Å². The Kier molecular flexibility index (Phi) is 7.78. The normalized spacial score (nSPS) is 12.2. The van der Waals surface area contributed by atoms with Crippen molar-refractivity contribution in [1.82, 2.24) is 10.0 Å². The Bertz CT molecular complexity index is 1130. The number of nitrogens with zero attached hydrogens (tertiary/aromatic N) is 1. The van der Waals surface area contributed by atoms with E-state index in [1.807, 2.05) is 0 Å². The van der Waals surface area contributed by atoms with Crippen LogP contribution in [0.5, 0.6) is 0 Å². The molecule has 0 aliphatic rings. The minimum absolute atomic E-state index is 0.00337. The number of aryl methyl sites for hydroxylation is 2. The van der Waals surface area contributed by atoms with Crippen molar-refractivity contribution in [2.45, 2.75) is 37.6 Å². The van der Waals surface area contributed by atoms with Crippen LogP contribution in [0.15, 0.2) is 46.1 Å². The van der Waals surface area contributed by atoms with Gasteiger partial charge in [0.25, 0.3) is 15.6 Å². The Hall–Kier alpha value is -3.38. The number of rotatable bonds is 10. The molecule has 2 rings (SSSR count). The fourth-order valence-electron chi connectivity index (χ4n) is 2.98. The lowest BCUT2D eigenvalue weighted by Crippen LogP contribution is -2.38. The largest absolute Gasteiger partial charge is 0.368 e. The van der Waals surface area contributed by atoms with Crippen LogP contribution >= 0.6 is 0 Å². The number of amides is 1. The monoisotopic (exact) mass is 450 g/mol. The molecule has 0 aliphatic heterocycles. The van der Waals surface area contributed by atoms with Crippen molar-refractivity contribution in [3.8, 4) is 0 Å². The Morgan fingerprint density at radius 1 is 1.26 bits per heavy atom. The summed E-state index contributed by atoms with van der Waals surface area (Å²) in [6.07, 6.45) is 0.396. The van der Waals surface area contributed by atoms with Crippen molar-refractivity contribution in [3.63, 3.8) is 0 Å². The standard InChI is InChI=1S/C19H26N6O5S/c1-3-13-7-8-15(24-31(28,29)14-6-4-5-12(2)11-14)18(27)25(13)16(17(20)26)9-10-30-23-19(21)22/h4-8,11,16,24H,3,9-10H2,1-2H3,(H2,20,26)(H4,21,22,23). The summed E-state index contributed by atoms with van der Waals surface area (Å²) in [5.74, 6) is -1.21. The highest BCUT2D eigenvalue weighted by Crippen LogP contribution is 2.18. The molecule has 1 aromatic carbocycles. The number of pyridine rings is 1. The molecule has 12 heteroatoms. The second-order valence-electron chi connectivity index (χ2n) is 6.76. The van der Waals surface area contributed by atoms with Crippen LogP contribution in [0.3, 0.4) is 0 Å². The predicted molar refractivity (Wildman–Crippen MR) is 116 cm³/mol. The molecule has 1 unspecified atom stereocenters. The van der Waals surface area contributed by atoms with E-state index >= 15 is 0 Å². The van der Waals surface area contributed by atoms with E-state index in [9.17, 15) is 18.0 Å². The van der Waals surface area contributed by atoms with Crippen LogP contribution in [0.25, 0.3) is 0 Å². The van der Waals surface area contributed by atoms with Gasteiger partial charge >= 0.3 is 0 Å². The maximum atomic E-state index is 13.1. The van der Waals surface area contributed by atoms with Gasteiger partial charge in [0, 0.05) is 12.1 Å². The molecule has 31 heavy (non-hydrogen) atoms. The summed E-state index contributed by atoms with van der Waals surface area (Å²) in [5, 5.41) is 7.05. The van der Waals surface area contributed by atoms with Crippen LogP contribution in [0.1, 0.15) is 30.6 Å². The van der Waals surface area contributed by atoms with Crippen molar-refractivity contribution in [1.29, 1.82) is 5.41 Å². The summed E-state index contributed by atoms with van der Waals surface area (Å²) >= 11 is 0. The molecule has 0 fully saturated rings. The highest BCUT2D eigenvalue weighted by molar-refractivity contribution is 7.92. The first-order valence-corrected chi connectivity index (χ1v) is 10.9. The van der Waals surface area contributed by atoms with Crippen molar-refractivity contribution in [2.75, 3.05) is 11.3 Å². The number of sulfonamides is 1. The number of nitrogens with one attached hydrogen (secondary N) is 3. The Morgan fingerprint density at radius 3 is 2.55 bits per heavy atom. The zero-order chi connectivity index (χ0) is 23.2. The number of hydrogen-bond acceptors (Lipinski definition) is 6. The molecular weight excluding hydrogens is 424 g/mol. The SMILES string of the molecule is CCc1ccc(NS(=O)(=O)c2cccc(C)c2)c(=O)n1C(CCONC(=N)N)C(N)=O. The average molecular weight is 451 g/mol. The molecule has 11 nitrogen and oxygen atoms in total. The summed E-state index contributed by atoms with van der Waals surface area (Å²) in [6, 6.07) is 8.06. The van der Waals surface area contributed by atoms with E-state index in [0.717, 1.165) is 10.1 Å². The van der Waals surface area contributed by atoms with Crippen LogP contribution in [0.2, 0.25) is 0 Å². The second-order valence-corrected chi connectivity index (χ2v) is 8.44. The molecule has 168 valence electrons. The van der Waals surface area contributed by atoms with Gasteiger partial charge in [-0.25, -0.2) is 13.9 Å². The first-order chi connectivity index (χ1) is 14.6. The van der Waals surface area contributed by atoms with Gasteiger partial charge in [-0.05, 0) is 43.2 Å². The maximum absolute atomic E-state index is 13.1. The number of guanidine groups is 1. The third kappa shape index (κ3) is 6.06. The highest BCUT2D eigenvalue weighted by Gasteiger charge is 2.24. The van der Waals surface area contributed by atoms with Crippen molar-refractivity contribution in [2.24, 2.45) is 11.5 Å². The fourth-order valence-corrected chi connectivity index (χ4v) is 4.14.